The van der Waals surface area contributed by atoms with Crippen molar-refractivity contribution in [3.05, 3.63) is 28.5 Å². The van der Waals surface area contributed by atoms with Crippen LogP contribution in [0.1, 0.15) is 12.8 Å². The normalized spacial score (nSPS) is 18.4. The molecule has 1 fully saturated rings. The number of halogens is 2. The molecule has 1 saturated heterocycles. The second kappa shape index (κ2) is 5.34. The highest BCUT2D eigenvalue weighted by Crippen LogP contribution is 2.23. The number of hydrogen-bond donors (Lipinski definition) is 2. The van der Waals surface area contributed by atoms with Crippen LogP contribution in [0.25, 0.3) is 0 Å². The quantitative estimate of drug-likeness (QED) is 0.877. The molecule has 1 heterocycles. The number of nitrogens with two attached hydrogens (primary N) is 1. The topological polar surface area (TPSA) is 64.4 Å². The van der Waals surface area contributed by atoms with E-state index in [0.717, 1.165) is 0 Å². The minimum absolute atomic E-state index is 0.130. The van der Waals surface area contributed by atoms with E-state index in [9.17, 15) is 9.18 Å². The number of carbonyl (C=O) groups is 1. The van der Waals surface area contributed by atoms with Crippen LogP contribution in [0, 0.1) is 5.82 Å². The second-order valence-electron chi connectivity index (χ2n) is 4.35. The summed E-state index contributed by atoms with van der Waals surface area (Å²) < 4.78 is 19.4. The van der Waals surface area contributed by atoms with Gasteiger partial charge in [0.2, 0.25) is 5.91 Å². The van der Waals surface area contributed by atoms with Gasteiger partial charge in [-0.05, 0) is 31.0 Å². The Morgan fingerprint density at radius 2 is 2.11 bits per heavy atom. The van der Waals surface area contributed by atoms with E-state index >= 15 is 0 Å². The maximum atomic E-state index is 13.5. The molecule has 0 radical (unpaired) electrons. The highest BCUT2D eigenvalue weighted by atomic mass is 79.9. The van der Waals surface area contributed by atoms with Crippen LogP contribution in [0.3, 0.4) is 0 Å². The van der Waals surface area contributed by atoms with Crippen LogP contribution in [-0.2, 0) is 9.53 Å². The molecule has 0 unspecified atom stereocenters. The monoisotopic (exact) mass is 316 g/mol. The summed E-state index contributed by atoms with van der Waals surface area (Å²) in [7, 11) is 0. The van der Waals surface area contributed by atoms with Crippen LogP contribution in [0.15, 0.2) is 22.7 Å². The van der Waals surface area contributed by atoms with Gasteiger partial charge in [-0.1, -0.05) is 15.9 Å². The molecule has 0 spiro atoms. The third kappa shape index (κ3) is 2.88. The van der Waals surface area contributed by atoms with Crippen LogP contribution < -0.4 is 11.1 Å². The third-order valence-corrected chi connectivity index (χ3v) is 3.51. The molecule has 0 saturated carbocycles. The number of nitrogens with one attached hydrogen (secondary N) is 1. The molecular formula is C12H14BrFN2O2. The van der Waals surface area contributed by atoms with Crippen LogP contribution in [0.4, 0.5) is 10.1 Å². The van der Waals surface area contributed by atoms with E-state index in [1.54, 1.807) is 6.07 Å². The van der Waals surface area contributed by atoms with Gasteiger partial charge in [0.25, 0.3) is 0 Å². The zero-order chi connectivity index (χ0) is 13.2. The minimum atomic E-state index is -0.979. The van der Waals surface area contributed by atoms with Crippen molar-refractivity contribution in [2.45, 2.75) is 18.4 Å². The van der Waals surface area contributed by atoms with Crippen LogP contribution in [-0.4, -0.2) is 24.7 Å². The zero-order valence-corrected chi connectivity index (χ0v) is 11.3. The summed E-state index contributed by atoms with van der Waals surface area (Å²) in [5.74, 6) is -0.856. The first-order chi connectivity index (χ1) is 8.51. The van der Waals surface area contributed by atoms with E-state index < -0.39 is 11.4 Å². The molecule has 1 amide bonds. The summed E-state index contributed by atoms with van der Waals surface area (Å²) in [4.78, 5) is 12.1. The zero-order valence-electron chi connectivity index (χ0n) is 9.71. The Morgan fingerprint density at radius 3 is 2.78 bits per heavy atom. The van der Waals surface area contributed by atoms with Crippen molar-refractivity contribution in [1.29, 1.82) is 0 Å². The van der Waals surface area contributed by atoms with E-state index in [1.165, 1.54) is 12.1 Å². The Balaban J connectivity index is 2.13. The smallest absolute Gasteiger partial charge is 0.244 e. The van der Waals surface area contributed by atoms with Crippen molar-refractivity contribution in [1.82, 2.24) is 0 Å². The minimum Gasteiger partial charge on any atom is -0.381 e. The number of ether oxygens (including phenoxy) is 1. The molecule has 1 aromatic carbocycles. The summed E-state index contributed by atoms with van der Waals surface area (Å²) in [5, 5.41) is 2.54. The van der Waals surface area contributed by atoms with Gasteiger partial charge >= 0.3 is 0 Å². The number of anilines is 1. The largest absolute Gasteiger partial charge is 0.381 e. The fourth-order valence-electron chi connectivity index (χ4n) is 1.80. The SMILES string of the molecule is NC1(C(=O)Nc2cc(Br)ccc2F)CCOCC1. The predicted octanol–water partition coefficient (Wildman–Crippen LogP) is 2.03. The summed E-state index contributed by atoms with van der Waals surface area (Å²) in [6.45, 7) is 0.899. The Labute approximate surface area is 113 Å². The molecule has 0 aliphatic carbocycles. The Kier molecular flexibility index (Phi) is 3.99. The Hall–Kier alpha value is -0.980. The third-order valence-electron chi connectivity index (χ3n) is 3.01. The first kappa shape index (κ1) is 13.5. The van der Waals surface area contributed by atoms with Crippen LogP contribution >= 0.6 is 15.9 Å². The lowest BCUT2D eigenvalue weighted by Crippen LogP contribution is -2.54. The lowest BCUT2D eigenvalue weighted by molar-refractivity contribution is -0.124. The van der Waals surface area contributed by atoms with E-state index in [-0.39, 0.29) is 11.6 Å². The molecule has 18 heavy (non-hydrogen) atoms. The standard InChI is InChI=1S/C12H14BrFN2O2/c13-8-1-2-9(14)10(7-8)16-11(17)12(15)3-5-18-6-4-12/h1-2,7H,3-6,15H2,(H,16,17). The van der Waals surface area contributed by atoms with Crippen molar-refractivity contribution in [2.24, 2.45) is 5.73 Å². The van der Waals surface area contributed by atoms with Crippen LogP contribution in [0.5, 0.6) is 0 Å². The number of benzene rings is 1. The van der Waals surface area contributed by atoms with Gasteiger partial charge in [-0.25, -0.2) is 4.39 Å². The molecular weight excluding hydrogens is 303 g/mol. The van der Waals surface area contributed by atoms with Gasteiger partial charge in [0, 0.05) is 17.7 Å². The van der Waals surface area contributed by atoms with Gasteiger partial charge < -0.3 is 15.8 Å². The predicted molar refractivity (Wildman–Crippen MR) is 69.7 cm³/mol. The van der Waals surface area contributed by atoms with Gasteiger partial charge in [0.05, 0.1) is 5.69 Å². The summed E-state index contributed by atoms with van der Waals surface area (Å²) in [6, 6.07) is 4.36. The van der Waals surface area contributed by atoms with Crippen molar-refractivity contribution in [2.75, 3.05) is 18.5 Å². The van der Waals surface area contributed by atoms with Gasteiger partial charge in [-0.3, -0.25) is 4.79 Å². The van der Waals surface area contributed by atoms with E-state index in [0.29, 0.717) is 30.5 Å². The van der Waals surface area contributed by atoms with E-state index in [4.69, 9.17) is 10.5 Å². The van der Waals surface area contributed by atoms with Crippen molar-refractivity contribution < 1.29 is 13.9 Å². The maximum Gasteiger partial charge on any atom is 0.244 e. The van der Waals surface area contributed by atoms with Crippen molar-refractivity contribution in [3.8, 4) is 0 Å². The van der Waals surface area contributed by atoms with Gasteiger partial charge in [-0.2, -0.15) is 0 Å². The van der Waals surface area contributed by atoms with Crippen molar-refractivity contribution in [3.63, 3.8) is 0 Å². The lowest BCUT2D eigenvalue weighted by Gasteiger charge is -2.31. The molecule has 3 N–H and O–H groups in total. The first-order valence-corrected chi connectivity index (χ1v) is 6.44. The molecule has 98 valence electrons. The molecule has 1 aliphatic rings. The number of rotatable bonds is 2. The molecule has 0 atom stereocenters. The number of carbonyl (C=O) groups excluding carboxylic acids is 1. The summed E-state index contributed by atoms with van der Waals surface area (Å²) in [6.07, 6.45) is 0.878. The lowest BCUT2D eigenvalue weighted by atomic mass is 9.90. The van der Waals surface area contributed by atoms with E-state index in [2.05, 4.69) is 21.2 Å². The number of hydrogen-bond acceptors (Lipinski definition) is 3. The second-order valence-corrected chi connectivity index (χ2v) is 5.26. The van der Waals surface area contributed by atoms with Gasteiger partial charge in [0.15, 0.2) is 0 Å². The Morgan fingerprint density at radius 1 is 1.44 bits per heavy atom. The molecule has 1 aromatic rings. The van der Waals surface area contributed by atoms with Gasteiger partial charge in [0.1, 0.15) is 11.4 Å². The molecule has 0 aromatic heterocycles. The molecule has 1 aliphatic heterocycles. The summed E-state index contributed by atoms with van der Waals surface area (Å²) >= 11 is 3.23. The molecule has 4 nitrogen and oxygen atoms in total. The Bertz CT molecular complexity index is 461. The average Bonchev–Trinajstić information content (AvgIpc) is 2.35. The fourth-order valence-corrected chi connectivity index (χ4v) is 2.16. The first-order valence-electron chi connectivity index (χ1n) is 5.64. The highest BCUT2D eigenvalue weighted by molar-refractivity contribution is 9.10. The van der Waals surface area contributed by atoms with Crippen LogP contribution in [0.2, 0.25) is 0 Å². The highest BCUT2D eigenvalue weighted by Gasteiger charge is 2.36. The molecule has 2 rings (SSSR count). The molecule has 0 bridgehead atoms. The molecule has 6 heteroatoms. The number of amides is 1. The van der Waals surface area contributed by atoms with E-state index in [1.807, 2.05) is 0 Å². The van der Waals surface area contributed by atoms with Gasteiger partial charge in [-0.15, -0.1) is 0 Å². The average molecular weight is 317 g/mol. The maximum absolute atomic E-state index is 13.5. The fraction of sp³-hybridized carbons (Fsp3) is 0.417. The van der Waals surface area contributed by atoms with Crippen molar-refractivity contribution >= 4 is 27.5 Å². The summed E-state index contributed by atoms with van der Waals surface area (Å²) in [5.41, 5.74) is 5.16.